The van der Waals surface area contributed by atoms with Crippen molar-refractivity contribution in [3.05, 3.63) is 22.4 Å². The van der Waals surface area contributed by atoms with E-state index < -0.39 is 0 Å². The summed E-state index contributed by atoms with van der Waals surface area (Å²) in [6.45, 7) is 0. The zero-order valence-electron chi connectivity index (χ0n) is 7.52. The summed E-state index contributed by atoms with van der Waals surface area (Å²) in [6.07, 6.45) is 3.79. The van der Waals surface area contributed by atoms with Gasteiger partial charge in [-0.3, -0.25) is 0 Å². The van der Waals surface area contributed by atoms with E-state index in [0.717, 1.165) is 17.4 Å². The molecule has 13 heavy (non-hydrogen) atoms. The Labute approximate surface area is 82.4 Å². The van der Waals surface area contributed by atoms with E-state index in [0.29, 0.717) is 5.92 Å². The SMILES string of the molecule is OC(c1ccsc1)C1CC2CC2C1. The summed E-state index contributed by atoms with van der Waals surface area (Å²) in [6, 6.07) is 2.05. The van der Waals surface area contributed by atoms with E-state index >= 15 is 0 Å². The molecule has 0 saturated heterocycles. The molecule has 3 rings (SSSR count). The van der Waals surface area contributed by atoms with Crippen LogP contribution in [0.4, 0.5) is 0 Å². The lowest BCUT2D eigenvalue weighted by atomic mass is 9.93. The maximum absolute atomic E-state index is 10.1. The van der Waals surface area contributed by atoms with Gasteiger partial charge in [0.15, 0.2) is 0 Å². The molecule has 1 nitrogen and oxygen atoms in total. The lowest BCUT2D eigenvalue weighted by Crippen LogP contribution is -2.09. The van der Waals surface area contributed by atoms with Crippen LogP contribution in [0.3, 0.4) is 0 Å². The average molecular weight is 194 g/mol. The second kappa shape index (κ2) is 2.82. The monoisotopic (exact) mass is 194 g/mol. The Kier molecular flexibility index (Phi) is 1.74. The van der Waals surface area contributed by atoms with Crippen molar-refractivity contribution in [2.75, 3.05) is 0 Å². The number of aliphatic hydroxyl groups is 1. The van der Waals surface area contributed by atoms with Crippen LogP contribution in [0, 0.1) is 17.8 Å². The molecular weight excluding hydrogens is 180 g/mol. The van der Waals surface area contributed by atoms with E-state index in [-0.39, 0.29) is 6.10 Å². The Hall–Kier alpha value is -0.340. The first-order valence-corrected chi connectivity index (χ1v) is 5.99. The van der Waals surface area contributed by atoms with Gasteiger partial charge in [0.1, 0.15) is 0 Å². The van der Waals surface area contributed by atoms with Crippen molar-refractivity contribution >= 4 is 11.3 Å². The summed E-state index contributed by atoms with van der Waals surface area (Å²) in [5.41, 5.74) is 1.14. The summed E-state index contributed by atoms with van der Waals surface area (Å²) in [5.74, 6) is 2.50. The zero-order chi connectivity index (χ0) is 8.84. The zero-order valence-corrected chi connectivity index (χ0v) is 8.33. The predicted octanol–water partition coefficient (Wildman–Crippen LogP) is 2.83. The largest absolute Gasteiger partial charge is 0.388 e. The number of fused-ring (bicyclic) bond motifs is 1. The van der Waals surface area contributed by atoms with E-state index in [1.165, 1.54) is 19.3 Å². The fourth-order valence-electron chi connectivity index (χ4n) is 2.73. The molecule has 2 aliphatic rings. The first-order chi connectivity index (χ1) is 6.34. The molecule has 2 aliphatic carbocycles. The van der Waals surface area contributed by atoms with E-state index in [1.54, 1.807) is 11.3 Å². The lowest BCUT2D eigenvalue weighted by molar-refractivity contribution is 0.105. The topological polar surface area (TPSA) is 20.2 Å². The molecular formula is C11H14OS. The summed E-state index contributed by atoms with van der Waals surface area (Å²) < 4.78 is 0. The van der Waals surface area contributed by atoms with E-state index in [1.807, 2.05) is 5.38 Å². The first kappa shape index (κ1) is 8.01. The lowest BCUT2D eigenvalue weighted by Gasteiger charge is -2.18. The van der Waals surface area contributed by atoms with Crippen molar-refractivity contribution in [2.45, 2.75) is 25.4 Å². The Morgan fingerprint density at radius 2 is 2.08 bits per heavy atom. The molecule has 1 N–H and O–H groups in total. The van der Waals surface area contributed by atoms with Gasteiger partial charge in [-0.1, -0.05) is 0 Å². The third-order valence-electron chi connectivity index (χ3n) is 3.61. The fourth-order valence-corrected chi connectivity index (χ4v) is 3.42. The highest BCUT2D eigenvalue weighted by Crippen LogP contribution is 2.57. The predicted molar refractivity (Wildman–Crippen MR) is 53.6 cm³/mol. The second-order valence-electron chi connectivity index (χ2n) is 4.49. The summed E-state index contributed by atoms with van der Waals surface area (Å²) in [7, 11) is 0. The molecule has 0 radical (unpaired) electrons. The van der Waals surface area contributed by atoms with E-state index in [4.69, 9.17) is 0 Å². The standard InChI is InChI=1S/C11H14OS/c12-11(7-1-2-13-6-7)10-4-8-3-9(8)5-10/h1-2,6,8-12H,3-5H2. The maximum Gasteiger partial charge on any atom is 0.0826 e. The Balaban J connectivity index is 1.72. The molecule has 3 atom stereocenters. The molecule has 3 unspecified atom stereocenters. The minimum atomic E-state index is -0.181. The number of aliphatic hydroxyl groups excluding tert-OH is 1. The number of thiophene rings is 1. The highest BCUT2D eigenvalue weighted by atomic mass is 32.1. The van der Waals surface area contributed by atoms with Gasteiger partial charge < -0.3 is 5.11 Å². The summed E-state index contributed by atoms with van der Waals surface area (Å²) in [4.78, 5) is 0. The van der Waals surface area contributed by atoms with Crippen LogP contribution in [0.15, 0.2) is 16.8 Å². The highest BCUT2D eigenvalue weighted by Gasteiger charge is 2.47. The molecule has 0 amide bonds. The summed E-state index contributed by atoms with van der Waals surface area (Å²) >= 11 is 1.68. The quantitative estimate of drug-likeness (QED) is 0.767. The molecule has 0 bridgehead atoms. The van der Waals surface area contributed by atoms with Crippen LogP contribution in [0.5, 0.6) is 0 Å². The van der Waals surface area contributed by atoms with Gasteiger partial charge in [0.25, 0.3) is 0 Å². The average Bonchev–Trinajstić information content (AvgIpc) is 2.63. The molecule has 70 valence electrons. The van der Waals surface area contributed by atoms with Gasteiger partial charge in [-0.25, -0.2) is 0 Å². The maximum atomic E-state index is 10.1. The van der Waals surface area contributed by atoms with Gasteiger partial charge in [-0.15, -0.1) is 0 Å². The Morgan fingerprint density at radius 1 is 1.31 bits per heavy atom. The van der Waals surface area contributed by atoms with Crippen molar-refractivity contribution < 1.29 is 5.11 Å². The number of rotatable bonds is 2. The molecule has 0 aromatic carbocycles. The van der Waals surface area contributed by atoms with Crippen molar-refractivity contribution in [2.24, 2.45) is 17.8 Å². The first-order valence-electron chi connectivity index (χ1n) is 5.05. The third kappa shape index (κ3) is 1.32. The van der Waals surface area contributed by atoms with Crippen LogP contribution in [-0.4, -0.2) is 5.11 Å². The van der Waals surface area contributed by atoms with Crippen LogP contribution >= 0.6 is 11.3 Å². The molecule has 0 aliphatic heterocycles. The van der Waals surface area contributed by atoms with Gasteiger partial charge in [-0.05, 0) is 59.4 Å². The minimum absolute atomic E-state index is 0.181. The van der Waals surface area contributed by atoms with E-state index in [2.05, 4.69) is 11.4 Å². The molecule has 1 aromatic heterocycles. The van der Waals surface area contributed by atoms with Crippen molar-refractivity contribution in [3.8, 4) is 0 Å². The summed E-state index contributed by atoms with van der Waals surface area (Å²) in [5, 5.41) is 14.2. The van der Waals surface area contributed by atoms with Crippen molar-refractivity contribution in [1.29, 1.82) is 0 Å². The van der Waals surface area contributed by atoms with E-state index in [9.17, 15) is 5.11 Å². The number of hydrogen-bond donors (Lipinski definition) is 1. The minimum Gasteiger partial charge on any atom is -0.388 e. The van der Waals surface area contributed by atoms with Gasteiger partial charge in [0.05, 0.1) is 6.10 Å². The normalized spacial score (nSPS) is 38.7. The van der Waals surface area contributed by atoms with Gasteiger partial charge in [0.2, 0.25) is 0 Å². The number of hydrogen-bond acceptors (Lipinski definition) is 2. The van der Waals surface area contributed by atoms with Crippen molar-refractivity contribution in [3.63, 3.8) is 0 Å². The highest BCUT2D eigenvalue weighted by molar-refractivity contribution is 7.07. The molecule has 2 heteroatoms. The smallest absolute Gasteiger partial charge is 0.0826 e. The van der Waals surface area contributed by atoms with Crippen LogP contribution in [0.2, 0.25) is 0 Å². The van der Waals surface area contributed by atoms with Crippen molar-refractivity contribution in [1.82, 2.24) is 0 Å². The molecule has 1 aromatic rings. The molecule has 2 saturated carbocycles. The fraction of sp³-hybridized carbons (Fsp3) is 0.636. The van der Waals surface area contributed by atoms with Crippen LogP contribution in [-0.2, 0) is 0 Å². The molecule has 0 spiro atoms. The molecule has 2 fully saturated rings. The second-order valence-corrected chi connectivity index (χ2v) is 5.27. The van der Waals surface area contributed by atoms with Crippen LogP contribution < -0.4 is 0 Å². The van der Waals surface area contributed by atoms with Crippen LogP contribution in [0.25, 0.3) is 0 Å². The van der Waals surface area contributed by atoms with Crippen LogP contribution in [0.1, 0.15) is 30.9 Å². The van der Waals surface area contributed by atoms with Gasteiger partial charge >= 0.3 is 0 Å². The third-order valence-corrected chi connectivity index (χ3v) is 4.31. The Bertz CT molecular complexity index is 283. The van der Waals surface area contributed by atoms with Gasteiger partial charge in [0, 0.05) is 0 Å². The van der Waals surface area contributed by atoms with Gasteiger partial charge in [-0.2, -0.15) is 11.3 Å². The molecule has 1 heterocycles. The Morgan fingerprint density at radius 3 is 2.69 bits per heavy atom.